The van der Waals surface area contributed by atoms with Crippen molar-refractivity contribution in [1.82, 2.24) is 10.3 Å². The van der Waals surface area contributed by atoms with Crippen molar-refractivity contribution in [2.75, 3.05) is 7.11 Å². The van der Waals surface area contributed by atoms with Gasteiger partial charge in [0.25, 0.3) is 5.91 Å². The van der Waals surface area contributed by atoms with E-state index in [1.54, 1.807) is 19.4 Å². The van der Waals surface area contributed by atoms with Crippen molar-refractivity contribution in [3.05, 3.63) is 89.3 Å². The van der Waals surface area contributed by atoms with E-state index in [9.17, 15) is 4.79 Å². The van der Waals surface area contributed by atoms with Crippen molar-refractivity contribution in [1.29, 1.82) is 0 Å². The normalized spacial score (nSPS) is 13.5. The predicted molar refractivity (Wildman–Crippen MR) is 104 cm³/mol. The first-order valence-electron chi connectivity index (χ1n) is 8.66. The fraction of sp³-hybridized carbons (Fsp3) is 0.182. The van der Waals surface area contributed by atoms with Gasteiger partial charge in [-0.2, -0.15) is 0 Å². The van der Waals surface area contributed by atoms with Gasteiger partial charge in [-0.1, -0.05) is 42.5 Å². The molecule has 132 valence electrons. The second kappa shape index (κ2) is 8.81. The molecule has 0 fully saturated rings. The first-order valence-corrected chi connectivity index (χ1v) is 8.66. The van der Waals surface area contributed by atoms with E-state index >= 15 is 0 Å². The Morgan fingerprint density at radius 1 is 1.19 bits per heavy atom. The zero-order valence-corrected chi connectivity index (χ0v) is 14.8. The maximum atomic E-state index is 12.4. The number of hydrogen-bond donors (Lipinski definition) is 1. The Labute approximate surface area is 153 Å². The van der Waals surface area contributed by atoms with Crippen LogP contribution in [-0.4, -0.2) is 18.0 Å². The first kappa shape index (κ1) is 17.7. The third-order valence-electron chi connectivity index (χ3n) is 4.12. The lowest BCUT2D eigenvalue weighted by Gasteiger charge is -2.06. The van der Waals surface area contributed by atoms with E-state index in [1.807, 2.05) is 36.4 Å². The van der Waals surface area contributed by atoms with E-state index in [4.69, 9.17) is 4.74 Å². The Hall–Kier alpha value is -3.14. The highest BCUT2D eigenvalue weighted by Gasteiger charge is 2.07. The van der Waals surface area contributed by atoms with E-state index in [0.717, 1.165) is 29.7 Å². The number of rotatable bonds is 6. The number of hydrogen-bond acceptors (Lipinski definition) is 3. The standard InChI is InChI=1S/C22H22N2O2/c1-26-20-11-9-19(10-12-20)16-24-22(25)21-15-18(13-14-23-21)8-7-17-5-3-2-4-6-17/h3,5-15H,2,4,16H2,1H3,(H,24,25)/b8-7+. The molecule has 0 aliphatic heterocycles. The largest absolute Gasteiger partial charge is 0.497 e. The Kier molecular flexibility index (Phi) is 5.99. The van der Waals surface area contributed by atoms with Crippen molar-refractivity contribution in [2.24, 2.45) is 0 Å². The smallest absolute Gasteiger partial charge is 0.270 e. The number of pyridine rings is 1. The summed E-state index contributed by atoms with van der Waals surface area (Å²) in [5.41, 5.74) is 3.56. The van der Waals surface area contributed by atoms with E-state index in [1.165, 1.54) is 5.57 Å². The van der Waals surface area contributed by atoms with Crippen molar-refractivity contribution < 1.29 is 9.53 Å². The highest BCUT2D eigenvalue weighted by molar-refractivity contribution is 5.92. The molecule has 0 spiro atoms. The number of ether oxygens (including phenoxy) is 1. The van der Waals surface area contributed by atoms with Gasteiger partial charge in [0.05, 0.1) is 7.11 Å². The van der Waals surface area contributed by atoms with Crippen molar-refractivity contribution >= 4 is 12.0 Å². The molecule has 0 unspecified atom stereocenters. The first-order chi connectivity index (χ1) is 12.7. The molecule has 1 aromatic heterocycles. The number of amides is 1. The van der Waals surface area contributed by atoms with Gasteiger partial charge >= 0.3 is 0 Å². The van der Waals surface area contributed by atoms with Crippen LogP contribution in [-0.2, 0) is 6.54 Å². The lowest BCUT2D eigenvalue weighted by molar-refractivity contribution is 0.0946. The molecule has 0 saturated carbocycles. The zero-order valence-electron chi connectivity index (χ0n) is 14.8. The summed E-state index contributed by atoms with van der Waals surface area (Å²) in [5.74, 6) is 0.608. The van der Waals surface area contributed by atoms with Gasteiger partial charge in [0.2, 0.25) is 0 Å². The molecule has 0 bridgehead atoms. The number of carbonyl (C=O) groups excluding carboxylic acids is 1. The Morgan fingerprint density at radius 2 is 2.04 bits per heavy atom. The zero-order chi connectivity index (χ0) is 18.2. The Bertz CT molecular complexity index is 849. The summed E-state index contributed by atoms with van der Waals surface area (Å²) >= 11 is 0. The molecule has 0 saturated heterocycles. The minimum absolute atomic E-state index is 0.187. The van der Waals surface area contributed by atoms with Gasteiger partial charge in [-0.25, -0.2) is 0 Å². The highest BCUT2D eigenvalue weighted by Crippen LogP contribution is 2.14. The molecule has 1 aliphatic carbocycles. The lowest BCUT2D eigenvalue weighted by Crippen LogP contribution is -2.23. The quantitative estimate of drug-likeness (QED) is 0.848. The number of nitrogens with zero attached hydrogens (tertiary/aromatic N) is 1. The second-order valence-corrected chi connectivity index (χ2v) is 6.02. The fourth-order valence-corrected chi connectivity index (χ4v) is 2.64. The molecule has 0 radical (unpaired) electrons. The molecule has 1 heterocycles. The van der Waals surface area contributed by atoms with Gasteiger partial charge in [0.15, 0.2) is 0 Å². The van der Waals surface area contributed by atoms with E-state index in [0.29, 0.717) is 12.2 Å². The number of methoxy groups -OCH3 is 1. The number of nitrogens with one attached hydrogen (secondary N) is 1. The SMILES string of the molecule is COc1ccc(CNC(=O)c2cc(/C=C/C3=CCCC=C3)ccn2)cc1. The van der Waals surface area contributed by atoms with E-state index < -0.39 is 0 Å². The van der Waals surface area contributed by atoms with Crippen LogP contribution >= 0.6 is 0 Å². The number of aromatic nitrogens is 1. The summed E-state index contributed by atoms with van der Waals surface area (Å²) in [6.45, 7) is 0.447. The van der Waals surface area contributed by atoms with Crippen LogP contribution < -0.4 is 10.1 Å². The van der Waals surface area contributed by atoms with Crippen LogP contribution in [0.1, 0.15) is 34.5 Å². The summed E-state index contributed by atoms with van der Waals surface area (Å²) in [7, 11) is 1.63. The summed E-state index contributed by atoms with van der Waals surface area (Å²) in [5, 5.41) is 2.90. The molecule has 2 aromatic rings. The minimum atomic E-state index is -0.187. The van der Waals surface area contributed by atoms with Crippen LogP contribution in [0.15, 0.2) is 72.5 Å². The molecular weight excluding hydrogens is 324 g/mol. The van der Waals surface area contributed by atoms with Gasteiger partial charge < -0.3 is 10.1 Å². The fourth-order valence-electron chi connectivity index (χ4n) is 2.64. The van der Waals surface area contributed by atoms with E-state index in [2.05, 4.69) is 34.6 Å². The van der Waals surface area contributed by atoms with Gasteiger partial charge in [0.1, 0.15) is 11.4 Å². The molecule has 1 aliphatic rings. The lowest BCUT2D eigenvalue weighted by atomic mass is 10.1. The van der Waals surface area contributed by atoms with Crippen LogP contribution in [0.4, 0.5) is 0 Å². The van der Waals surface area contributed by atoms with Gasteiger partial charge in [-0.15, -0.1) is 0 Å². The van der Waals surface area contributed by atoms with Crippen LogP contribution in [0.5, 0.6) is 5.75 Å². The third-order valence-corrected chi connectivity index (χ3v) is 4.12. The topological polar surface area (TPSA) is 51.2 Å². The Balaban J connectivity index is 1.61. The number of benzene rings is 1. The molecule has 1 amide bonds. The maximum absolute atomic E-state index is 12.4. The maximum Gasteiger partial charge on any atom is 0.270 e. The molecule has 4 nitrogen and oxygen atoms in total. The Morgan fingerprint density at radius 3 is 2.77 bits per heavy atom. The van der Waals surface area contributed by atoms with Crippen molar-refractivity contribution in [2.45, 2.75) is 19.4 Å². The second-order valence-electron chi connectivity index (χ2n) is 6.02. The van der Waals surface area contributed by atoms with Crippen LogP contribution in [0, 0.1) is 0 Å². The van der Waals surface area contributed by atoms with Gasteiger partial charge in [0, 0.05) is 12.7 Å². The molecule has 0 atom stereocenters. The highest BCUT2D eigenvalue weighted by atomic mass is 16.5. The number of allylic oxidation sites excluding steroid dienone is 5. The molecular formula is C22H22N2O2. The molecule has 1 N–H and O–H groups in total. The van der Waals surface area contributed by atoms with Crippen LogP contribution in [0.3, 0.4) is 0 Å². The molecule has 3 rings (SSSR count). The average molecular weight is 346 g/mol. The van der Waals surface area contributed by atoms with Crippen molar-refractivity contribution in [3.63, 3.8) is 0 Å². The van der Waals surface area contributed by atoms with Crippen LogP contribution in [0.2, 0.25) is 0 Å². The van der Waals surface area contributed by atoms with Gasteiger partial charge in [-0.3, -0.25) is 9.78 Å². The van der Waals surface area contributed by atoms with Crippen molar-refractivity contribution in [3.8, 4) is 5.75 Å². The molecule has 26 heavy (non-hydrogen) atoms. The predicted octanol–water partition coefficient (Wildman–Crippen LogP) is 4.31. The van der Waals surface area contributed by atoms with Crippen LogP contribution in [0.25, 0.3) is 6.08 Å². The summed E-state index contributed by atoms with van der Waals surface area (Å²) in [6.07, 6.45) is 14.4. The number of carbonyl (C=O) groups is 1. The minimum Gasteiger partial charge on any atom is -0.497 e. The summed E-state index contributed by atoms with van der Waals surface area (Å²) < 4.78 is 5.13. The van der Waals surface area contributed by atoms with E-state index in [-0.39, 0.29) is 5.91 Å². The molecule has 4 heteroatoms. The third kappa shape index (κ3) is 4.93. The molecule has 1 aromatic carbocycles. The van der Waals surface area contributed by atoms with Gasteiger partial charge in [-0.05, 0) is 53.8 Å². The average Bonchev–Trinajstić information content (AvgIpc) is 2.72. The summed E-state index contributed by atoms with van der Waals surface area (Å²) in [6, 6.07) is 11.3. The monoisotopic (exact) mass is 346 g/mol. The summed E-state index contributed by atoms with van der Waals surface area (Å²) in [4.78, 5) is 16.5.